The zero-order valence-electron chi connectivity index (χ0n) is 31.4. The first kappa shape index (κ1) is 37.0. The van der Waals surface area contributed by atoms with Crippen molar-refractivity contribution in [2.45, 2.75) is 82.5 Å². The number of thiophene rings is 2. The van der Waals surface area contributed by atoms with E-state index in [1.807, 2.05) is 36.4 Å². The molecule has 2 aliphatic rings. The minimum Gasteiger partial charge on any atom is -0.367 e. The molecular weight excluding hydrogens is 703 g/mol. The van der Waals surface area contributed by atoms with E-state index >= 15 is 0 Å². The van der Waals surface area contributed by atoms with Gasteiger partial charge >= 0.3 is 0 Å². The molecule has 2 aliphatic carbocycles. The number of carbonyl (C=O) groups is 2. The number of ketones is 1. The quantitative estimate of drug-likeness (QED) is 0.133. The van der Waals surface area contributed by atoms with Gasteiger partial charge in [-0.05, 0) is 123 Å². The van der Waals surface area contributed by atoms with E-state index in [0.717, 1.165) is 83.5 Å². The van der Waals surface area contributed by atoms with Crippen LogP contribution >= 0.6 is 22.7 Å². The molecule has 0 saturated heterocycles. The predicted octanol–water partition coefficient (Wildman–Crippen LogP) is 7.82. The minimum atomic E-state index is -0.0791. The van der Waals surface area contributed by atoms with Gasteiger partial charge in [-0.2, -0.15) is 0 Å². The molecule has 0 aliphatic heterocycles. The molecule has 13 heteroatoms. The van der Waals surface area contributed by atoms with Crippen LogP contribution in [0, 0.1) is 0 Å². The molecule has 2 saturated carbocycles. The second-order valence-electron chi connectivity index (χ2n) is 14.8. The van der Waals surface area contributed by atoms with Crippen molar-refractivity contribution in [1.29, 1.82) is 0 Å². The fourth-order valence-corrected chi connectivity index (χ4v) is 9.85. The van der Waals surface area contributed by atoms with Gasteiger partial charge < -0.3 is 25.8 Å². The number of hydrogen-bond acceptors (Lipinski definition) is 12. The van der Waals surface area contributed by atoms with Crippen molar-refractivity contribution in [3.8, 4) is 0 Å². The summed E-state index contributed by atoms with van der Waals surface area (Å²) in [6.07, 6.45) is 12.6. The third-order valence-corrected chi connectivity index (χ3v) is 13.1. The standard InChI is InChI=1S/C20H25N5OS.C20H24N4OS/c1-21-19(26)12-4-9-16-15(10-12)17-18(22-11-23-20(17)27-16)24-13-5-7-14(8-6-13)25(2)3;1-12(25)13-4-9-17-16(10-13)18-19(21-11-22-20(18)26-17)23-14-5-7-15(8-6-14)24(2)3/h4,9-11,13-14H,5-8H2,1-3H3,(H,21,26)(H,22,23,24);4,9-11,14-15H,5-8H2,1-3H3,(H,21,22,23). The molecule has 3 N–H and O–H groups in total. The molecule has 2 aromatic carbocycles. The first-order chi connectivity index (χ1) is 25.6. The molecule has 0 radical (unpaired) electrons. The number of anilines is 2. The van der Waals surface area contributed by atoms with Crippen LogP contribution < -0.4 is 16.0 Å². The van der Waals surface area contributed by atoms with Gasteiger partial charge in [0.15, 0.2) is 5.78 Å². The highest BCUT2D eigenvalue weighted by Crippen LogP contribution is 2.39. The van der Waals surface area contributed by atoms with Crippen LogP contribution in [0.4, 0.5) is 11.6 Å². The Labute approximate surface area is 318 Å². The number of nitrogens with zero attached hydrogens (tertiary/aromatic N) is 6. The SMILES string of the molecule is CC(=O)c1ccc2sc3ncnc(NC4CCC(N(C)C)CC4)c3c2c1.CNC(=O)c1ccc2sc3ncnc(NC4CCC(N(C)C)CC4)c3c2c1. The Bertz CT molecular complexity index is 2250. The minimum absolute atomic E-state index is 0.0791. The van der Waals surface area contributed by atoms with Crippen LogP contribution in [0.1, 0.15) is 79.0 Å². The second-order valence-corrected chi connectivity index (χ2v) is 16.9. The third-order valence-electron chi connectivity index (χ3n) is 11.0. The molecule has 6 aromatic rings. The van der Waals surface area contributed by atoms with Crippen molar-refractivity contribution in [3.63, 3.8) is 0 Å². The molecule has 2 fully saturated rings. The molecule has 4 heterocycles. The zero-order chi connectivity index (χ0) is 37.2. The molecule has 11 nitrogen and oxygen atoms in total. The number of carbonyl (C=O) groups excluding carboxylic acids is 2. The van der Waals surface area contributed by atoms with Gasteiger partial charge in [-0.25, -0.2) is 19.9 Å². The lowest BCUT2D eigenvalue weighted by Gasteiger charge is -2.33. The lowest BCUT2D eigenvalue weighted by Crippen LogP contribution is -2.36. The van der Waals surface area contributed by atoms with Gasteiger partial charge in [-0.1, -0.05) is 0 Å². The molecular formula is C40H49N9O2S2. The summed E-state index contributed by atoms with van der Waals surface area (Å²) in [5.74, 6) is 1.79. The van der Waals surface area contributed by atoms with Gasteiger partial charge in [0, 0.05) is 62.5 Å². The Balaban J connectivity index is 0.000000164. The molecule has 8 rings (SSSR count). The fourth-order valence-electron chi connectivity index (χ4n) is 7.80. The maximum Gasteiger partial charge on any atom is 0.251 e. The highest BCUT2D eigenvalue weighted by atomic mass is 32.1. The summed E-state index contributed by atoms with van der Waals surface area (Å²) in [4.78, 5) is 48.4. The molecule has 278 valence electrons. The summed E-state index contributed by atoms with van der Waals surface area (Å²) < 4.78 is 2.27. The zero-order valence-corrected chi connectivity index (χ0v) is 33.0. The van der Waals surface area contributed by atoms with E-state index in [0.29, 0.717) is 29.7 Å². The smallest absolute Gasteiger partial charge is 0.251 e. The van der Waals surface area contributed by atoms with Crippen LogP contribution in [-0.2, 0) is 0 Å². The van der Waals surface area contributed by atoms with Gasteiger partial charge in [-0.3, -0.25) is 9.59 Å². The largest absolute Gasteiger partial charge is 0.367 e. The molecule has 0 unspecified atom stereocenters. The van der Waals surface area contributed by atoms with E-state index in [-0.39, 0.29) is 11.7 Å². The summed E-state index contributed by atoms with van der Waals surface area (Å²) in [6, 6.07) is 13.9. The summed E-state index contributed by atoms with van der Waals surface area (Å²) in [5.41, 5.74) is 1.39. The van der Waals surface area contributed by atoms with Crippen LogP contribution in [0.2, 0.25) is 0 Å². The predicted molar refractivity (Wildman–Crippen MR) is 220 cm³/mol. The molecule has 0 bridgehead atoms. The number of rotatable bonds is 8. The monoisotopic (exact) mass is 751 g/mol. The number of Topliss-reactive ketones (excluding diaryl/α,β-unsaturated/α-hetero) is 1. The Morgan fingerprint density at radius 1 is 0.642 bits per heavy atom. The molecule has 1 amide bonds. The topological polar surface area (TPSA) is 128 Å². The van der Waals surface area contributed by atoms with Gasteiger partial charge in [0.05, 0.1) is 10.8 Å². The molecule has 0 spiro atoms. The Kier molecular flexibility index (Phi) is 11.2. The van der Waals surface area contributed by atoms with E-state index in [1.54, 1.807) is 49.3 Å². The Morgan fingerprint density at radius 2 is 1.08 bits per heavy atom. The van der Waals surface area contributed by atoms with E-state index in [2.05, 4.69) is 73.9 Å². The maximum absolute atomic E-state index is 12.0. The van der Waals surface area contributed by atoms with Crippen LogP contribution in [-0.4, -0.2) is 101 Å². The van der Waals surface area contributed by atoms with Gasteiger partial charge in [0.2, 0.25) is 0 Å². The van der Waals surface area contributed by atoms with Gasteiger partial charge in [-0.15, -0.1) is 22.7 Å². The van der Waals surface area contributed by atoms with Crippen molar-refractivity contribution < 1.29 is 9.59 Å². The molecule has 0 atom stereocenters. The maximum atomic E-state index is 12.0. The first-order valence-electron chi connectivity index (χ1n) is 18.5. The summed E-state index contributed by atoms with van der Waals surface area (Å²) >= 11 is 3.29. The number of benzene rings is 2. The van der Waals surface area contributed by atoms with E-state index in [9.17, 15) is 9.59 Å². The average molecular weight is 752 g/mol. The fraction of sp³-hybridized carbons (Fsp3) is 0.450. The van der Waals surface area contributed by atoms with E-state index in [4.69, 9.17) is 0 Å². The molecule has 53 heavy (non-hydrogen) atoms. The van der Waals surface area contributed by atoms with Crippen molar-refractivity contribution in [2.24, 2.45) is 0 Å². The van der Waals surface area contributed by atoms with Crippen molar-refractivity contribution in [2.75, 3.05) is 45.9 Å². The number of amides is 1. The third kappa shape index (κ3) is 7.98. The summed E-state index contributed by atoms with van der Waals surface area (Å²) in [7, 11) is 10.3. The first-order valence-corrected chi connectivity index (χ1v) is 20.2. The van der Waals surface area contributed by atoms with E-state index < -0.39 is 0 Å². The van der Waals surface area contributed by atoms with Crippen molar-refractivity contribution >= 4 is 86.6 Å². The number of fused-ring (bicyclic) bond motifs is 6. The van der Waals surface area contributed by atoms with Gasteiger partial charge in [0.25, 0.3) is 5.91 Å². The number of aromatic nitrogens is 4. The Hall–Kier alpha value is -4.30. The second kappa shape index (κ2) is 16.0. The lowest BCUT2D eigenvalue weighted by molar-refractivity contribution is 0.0962. The molecule has 4 aromatic heterocycles. The number of nitrogens with one attached hydrogen (secondary N) is 3. The van der Waals surface area contributed by atoms with Crippen LogP contribution in [0.5, 0.6) is 0 Å². The van der Waals surface area contributed by atoms with Crippen LogP contribution in [0.3, 0.4) is 0 Å². The average Bonchev–Trinajstić information content (AvgIpc) is 3.74. The van der Waals surface area contributed by atoms with Crippen molar-refractivity contribution in [1.82, 2.24) is 35.1 Å². The highest BCUT2D eigenvalue weighted by molar-refractivity contribution is 7.26. The van der Waals surface area contributed by atoms with Crippen molar-refractivity contribution in [3.05, 3.63) is 60.2 Å². The van der Waals surface area contributed by atoms with E-state index in [1.165, 1.54) is 25.7 Å². The summed E-state index contributed by atoms with van der Waals surface area (Å²) in [6.45, 7) is 1.61. The van der Waals surface area contributed by atoms with Gasteiger partial charge in [0.1, 0.15) is 34.0 Å². The van der Waals surface area contributed by atoms with Crippen LogP contribution in [0.15, 0.2) is 49.1 Å². The van der Waals surface area contributed by atoms with Crippen LogP contribution in [0.25, 0.3) is 40.6 Å². The summed E-state index contributed by atoms with van der Waals surface area (Å²) in [5, 5.41) is 14.2. The Morgan fingerprint density at radius 3 is 1.49 bits per heavy atom. The lowest BCUT2D eigenvalue weighted by atomic mass is 9.90. The normalized spacial score (nSPS) is 20.5. The number of hydrogen-bond donors (Lipinski definition) is 3. The highest BCUT2D eigenvalue weighted by Gasteiger charge is 2.25.